The molecule has 5 rings (SSSR count). The number of hydrogen-bond donors (Lipinski definition) is 4. The van der Waals surface area contributed by atoms with E-state index in [2.05, 4.69) is 38.5 Å². The van der Waals surface area contributed by atoms with Crippen LogP contribution in [0.25, 0.3) is 0 Å². The minimum atomic E-state index is -5.08. The molecule has 2 heterocycles. The van der Waals surface area contributed by atoms with E-state index in [4.69, 9.17) is 15.6 Å². The number of anilines is 5. The fraction of sp³-hybridized carbons (Fsp3) is 0.370. The van der Waals surface area contributed by atoms with Crippen molar-refractivity contribution in [3.05, 3.63) is 60.0 Å². The second-order valence-corrected chi connectivity index (χ2v) is 14.0. The Morgan fingerprint density at radius 2 is 1.78 bits per heavy atom. The number of benzene rings is 2. The molecule has 0 unspecified atom stereocenters. The van der Waals surface area contributed by atoms with Crippen LogP contribution < -0.4 is 26.6 Å². The Morgan fingerprint density at radius 3 is 2.34 bits per heavy atom. The predicted octanol–water partition coefficient (Wildman–Crippen LogP) is 5.22. The number of aliphatic carboxylic acids is 1. The summed E-state index contributed by atoms with van der Waals surface area (Å²) in [6, 6.07) is 13.7. The molecule has 41 heavy (non-hydrogen) atoms. The Morgan fingerprint density at radius 1 is 1.15 bits per heavy atom. The van der Waals surface area contributed by atoms with Gasteiger partial charge in [-0.2, -0.15) is 18.2 Å². The normalized spacial score (nSPS) is 16.2. The van der Waals surface area contributed by atoms with Crippen LogP contribution in [0, 0.1) is 18.2 Å². The van der Waals surface area contributed by atoms with Crippen molar-refractivity contribution in [1.29, 1.82) is 0 Å². The van der Waals surface area contributed by atoms with Gasteiger partial charge in [-0.15, -0.1) is 0 Å². The molecule has 1 aliphatic carbocycles. The Labute approximate surface area is 234 Å². The van der Waals surface area contributed by atoms with Gasteiger partial charge >= 0.3 is 12.1 Å². The third-order valence-corrected chi connectivity index (χ3v) is 8.51. The number of rotatable bonds is 6. The highest BCUT2D eigenvalue weighted by Crippen LogP contribution is 2.49. The first-order chi connectivity index (χ1) is 19.1. The van der Waals surface area contributed by atoms with E-state index in [0.717, 1.165) is 43.4 Å². The summed E-state index contributed by atoms with van der Waals surface area (Å²) in [5.74, 6) is -3.05. The molecule has 2 aliphatic rings. The molecule has 220 valence electrons. The highest BCUT2D eigenvalue weighted by atomic mass is 31.2. The molecule has 0 amide bonds. The quantitative estimate of drug-likeness (QED) is 0.224. The maximum atomic E-state index is 14.5. The lowest BCUT2D eigenvalue weighted by Crippen LogP contribution is -2.65. The highest BCUT2D eigenvalue weighted by Gasteiger charge is 2.51. The largest absolute Gasteiger partial charge is 0.490 e. The number of para-hydroxylation sites is 1. The second kappa shape index (κ2) is 11.3. The SMILES string of the molecule is Cc1cc(Nc2ncc(F)c(Nc3ccccc3P(C)(C)=O)n2)ccc1N1CC2(CC(N)C2)C1.O=C(O)C(F)(F)F. The summed E-state index contributed by atoms with van der Waals surface area (Å²) in [6.45, 7) is 7.58. The van der Waals surface area contributed by atoms with Gasteiger partial charge in [0.25, 0.3) is 0 Å². The van der Waals surface area contributed by atoms with Gasteiger partial charge in [0.05, 0.1) is 11.9 Å². The van der Waals surface area contributed by atoms with E-state index in [1.54, 1.807) is 25.5 Å². The summed E-state index contributed by atoms with van der Waals surface area (Å²) in [4.78, 5) is 19.7. The Balaban J connectivity index is 0.000000493. The summed E-state index contributed by atoms with van der Waals surface area (Å²) in [5.41, 5.74) is 10.2. The Bertz CT molecular complexity index is 1480. The van der Waals surface area contributed by atoms with Crippen molar-refractivity contribution >= 4 is 47.2 Å². The number of carbonyl (C=O) groups is 1. The number of halogens is 4. The number of aryl methyl sites for hydroxylation is 1. The van der Waals surface area contributed by atoms with Gasteiger partial charge in [0.1, 0.15) is 7.14 Å². The van der Waals surface area contributed by atoms with E-state index in [-0.39, 0.29) is 11.8 Å². The standard InChI is InChI=1S/C25H30FN6OP.C2HF3O2/c1-16-10-18(8-9-21(16)32-14-25(15-32)11-17(27)12-25)29-24-28-13-19(26)23(31-24)30-20-6-4-5-7-22(20)34(2,3)33;3-2(4,5)1(6)7/h4-10,13,17H,11-12,14-15,27H2,1-3H3,(H2,28,29,30,31);(H,6,7). The average Bonchev–Trinajstić information content (AvgIpc) is 2.83. The summed E-state index contributed by atoms with van der Waals surface area (Å²) in [6.07, 6.45) is -1.71. The highest BCUT2D eigenvalue weighted by molar-refractivity contribution is 7.70. The fourth-order valence-electron chi connectivity index (χ4n) is 5.15. The van der Waals surface area contributed by atoms with Crippen LogP contribution in [-0.2, 0) is 9.36 Å². The minimum Gasteiger partial charge on any atom is -0.475 e. The molecule has 2 aromatic carbocycles. The van der Waals surface area contributed by atoms with Crippen LogP contribution in [0.5, 0.6) is 0 Å². The number of alkyl halides is 3. The molecule has 5 N–H and O–H groups in total. The Kier molecular flexibility index (Phi) is 8.33. The van der Waals surface area contributed by atoms with Crippen molar-refractivity contribution in [2.24, 2.45) is 11.1 Å². The molecule has 14 heteroatoms. The van der Waals surface area contributed by atoms with Gasteiger partial charge < -0.3 is 30.9 Å². The molecular formula is C27H31F4N6O3P. The van der Waals surface area contributed by atoms with Crippen LogP contribution in [-0.4, -0.2) is 59.7 Å². The van der Waals surface area contributed by atoms with Crippen molar-refractivity contribution in [3.8, 4) is 0 Å². The topological polar surface area (TPSA) is 133 Å². The number of carboxylic acids is 1. The smallest absolute Gasteiger partial charge is 0.475 e. The summed E-state index contributed by atoms with van der Waals surface area (Å²) in [5, 5.41) is 13.9. The molecule has 1 spiro atoms. The van der Waals surface area contributed by atoms with Crippen LogP contribution in [0.4, 0.5) is 46.4 Å². The fourth-order valence-corrected chi connectivity index (χ4v) is 6.31. The van der Waals surface area contributed by atoms with Crippen molar-refractivity contribution in [2.75, 3.05) is 42.0 Å². The monoisotopic (exact) mass is 594 g/mol. The van der Waals surface area contributed by atoms with E-state index in [0.29, 0.717) is 22.4 Å². The third-order valence-electron chi connectivity index (χ3n) is 6.96. The zero-order valence-electron chi connectivity index (χ0n) is 22.7. The number of hydrogen-bond acceptors (Lipinski definition) is 8. The van der Waals surface area contributed by atoms with E-state index >= 15 is 0 Å². The lowest BCUT2D eigenvalue weighted by molar-refractivity contribution is -0.192. The molecule has 1 saturated carbocycles. The maximum Gasteiger partial charge on any atom is 0.490 e. The number of aromatic nitrogens is 2. The zero-order chi connectivity index (χ0) is 30.2. The molecule has 0 radical (unpaired) electrons. The van der Waals surface area contributed by atoms with Crippen molar-refractivity contribution in [3.63, 3.8) is 0 Å². The van der Waals surface area contributed by atoms with E-state index in [1.807, 2.05) is 24.3 Å². The molecule has 2 fully saturated rings. The number of nitrogens with two attached hydrogens (primary N) is 1. The minimum absolute atomic E-state index is 0.0244. The van der Waals surface area contributed by atoms with Gasteiger partial charge in [0.2, 0.25) is 5.95 Å². The summed E-state index contributed by atoms with van der Waals surface area (Å²) in [7, 11) is -2.55. The molecule has 1 saturated heterocycles. The van der Waals surface area contributed by atoms with Crippen LogP contribution in [0.3, 0.4) is 0 Å². The van der Waals surface area contributed by atoms with Crippen molar-refractivity contribution in [1.82, 2.24) is 9.97 Å². The molecule has 0 atom stereocenters. The first kappa shape index (κ1) is 30.3. The molecule has 0 bridgehead atoms. The summed E-state index contributed by atoms with van der Waals surface area (Å²) < 4.78 is 58.9. The number of carboxylic acid groups (broad SMARTS) is 1. The van der Waals surface area contributed by atoms with Crippen molar-refractivity contribution in [2.45, 2.75) is 32.0 Å². The van der Waals surface area contributed by atoms with Gasteiger partial charge in [0, 0.05) is 41.2 Å². The van der Waals surface area contributed by atoms with Crippen molar-refractivity contribution < 1.29 is 32.0 Å². The van der Waals surface area contributed by atoms with Crippen LogP contribution in [0.2, 0.25) is 0 Å². The third kappa shape index (κ3) is 7.15. The van der Waals surface area contributed by atoms with Crippen LogP contribution in [0.15, 0.2) is 48.7 Å². The maximum absolute atomic E-state index is 14.5. The van der Waals surface area contributed by atoms with E-state index in [1.165, 1.54) is 5.69 Å². The molecule has 1 aromatic heterocycles. The van der Waals surface area contributed by atoms with E-state index in [9.17, 15) is 22.1 Å². The lowest BCUT2D eigenvalue weighted by atomic mass is 9.61. The van der Waals surface area contributed by atoms with Gasteiger partial charge in [0.15, 0.2) is 11.6 Å². The molecule has 1 aliphatic heterocycles. The first-order valence-corrected chi connectivity index (χ1v) is 15.3. The molecule has 9 nitrogen and oxygen atoms in total. The lowest BCUT2D eigenvalue weighted by Gasteiger charge is -2.59. The first-order valence-electron chi connectivity index (χ1n) is 12.7. The van der Waals surface area contributed by atoms with Crippen LogP contribution >= 0.6 is 7.14 Å². The average molecular weight is 595 g/mol. The molecule has 3 aromatic rings. The number of nitrogens with one attached hydrogen (secondary N) is 2. The predicted molar refractivity (Wildman–Crippen MR) is 151 cm³/mol. The van der Waals surface area contributed by atoms with Gasteiger partial charge in [-0.1, -0.05) is 12.1 Å². The van der Waals surface area contributed by atoms with Gasteiger partial charge in [-0.05, 0) is 69.0 Å². The van der Waals surface area contributed by atoms with Crippen LogP contribution in [0.1, 0.15) is 18.4 Å². The Hall–Kier alpha value is -3.70. The van der Waals surface area contributed by atoms with Gasteiger partial charge in [-0.3, -0.25) is 0 Å². The zero-order valence-corrected chi connectivity index (χ0v) is 23.6. The number of nitrogens with zero attached hydrogens (tertiary/aromatic N) is 3. The van der Waals surface area contributed by atoms with E-state index < -0.39 is 25.1 Å². The second-order valence-electron chi connectivity index (χ2n) is 10.8. The summed E-state index contributed by atoms with van der Waals surface area (Å²) >= 11 is 0. The molecular weight excluding hydrogens is 563 g/mol. The van der Waals surface area contributed by atoms with Gasteiger partial charge in [-0.25, -0.2) is 14.2 Å².